The fourth-order valence-corrected chi connectivity index (χ4v) is 4.93. The van der Waals surface area contributed by atoms with Crippen molar-refractivity contribution in [2.45, 2.75) is 162 Å². The molecule has 0 aliphatic carbocycles. The van der Waals surface area contributed by atoms with Crippen LogP contribution in [0.5, 0.6) is 0 Å². The van der Waals surface area contributed by atoms with Crippen molar-refractivity contribution in [1.82, 2.24) is 0 Å². The molecule has 0 spiro atoms. The zero-order valence-electron chi connectivity index (χ0n) is 21.6. The predicted octanol–water partition coefficient (Wildman–Crippen LogP) is 9.68. The molecular weight excluding hydrogens is 350 g/mol. The molecule has 176 valence electrons. The van der Waals surface area contributed by atoms with Crippen LogP contribution < -0.4 is 0 Å². The van der Waals surface area contributed by atoms with Crippen LogP contribution in [0, 0.1) is 0 Å². The summed E-state index contributed by atoms with van der Waals surface area (Å²) in [7, 11) is 4.95. The molecule has 0 saturated carbocycles. The Kier molecular flexibility index (Phi) is 21.2. The summed E-state index contributed by atoms with van der Waals surface area (Å²) >= 11 is 0. The maximum Gasteiger partial charge on any atom is 0.0883 e. The number of hydrogen-bond acceptors (Lipinski definition) is 0. The van der Waals surface area contributed by atoms with Gasteiger partial charge < -0.3 is 4.48 Å². The summed E-state index contributed by atoms with van der Waals surface area (Å²) in [5.41, 5.74) is 0. The number of rotatable bonds is 23. The Hall–Kier alpha value is -0.0400. The quantitative estimate of drug-likeness (QED) is 0.116. The van der Waals surface area contributed by atoms with E-state index in [0.717, 1.165) is 6.04 Å². The van der Waals surface area contributed by atoms with Crippen LogP contribution in [0.1, 0.15) is 156 Å². The fraction of sp³-hybridized carbons (Fsp3) is 1.00. The van der Waals surface area contributed by atoms with Gasteiger partial charge in [-0.3, -0.25) is 0 Å². The Bertz CT molecular complexity index is 309. The maximum atomic E-state index is 2.48. The van der Waals surface area contributed by atoms with Crippen LogP contribution in [0.3, 0.4) is 0 Å². The van der Waals surface area contributed by atoms with Crippen LogP contribution in [0.2, 0.25) is 0 Å². The van der Waals surface area contributed by atoms with Gasteiger partial charge in [0.2, 0.25) is 0 Å². The van der Waals surface area contributed by atoms with Crippen molar-refractivity contribution in [3.8, 4) is 0 Å². The molecule has 0 N–H and O–H groups in total. The molecule has 0 amide bonds. The summed E-state index contributed by atoms with van der Waals surface area (Å²) in [6, 6.07) is 0.873. The van der Waals surface area contributed by atoms with E-state index in [1.807, 2.05) is 0 Å². The second kappa shape index (κ2) is 21.2. The van der Waals surface area contributed by atoms with E-state index in [4.69, 9.17) is 0 Å². The molecule has 0 bridgehead atoms. The molecule has 1 unspecified atom stereocenters. The van der Waals surface area contributed by atoms with Crippen molar-refractivity contribution in [3.05, 3.63) is 0 Å². The third-order valence-corrected chi connectivity index (χ3v) is 7.19. The lowest BCUT2D eigenvalue weighted by atomic mass is 10.0. The van der Waals surface area contributed by atoms with Crippen molar-refractivity contribution in [2.75, 3.05) is 20.6 Å². The van der Waals surface area contributed by atoms with Crippen molar-refractivity contribution >= 4 is 0 Å². The molecular formula is C28H60N+. The van der Waals surface area contributed by atoms with E-state index >= 15 is 0 Å². The molecule has 0 aromatic carbocycles. The second-order valence-electron chi connectivity index (χ2n) is 10.4. The van der Waals surface area contributed by atoms with Gasteiger partial charge in [0.05, 0.1) is 26.7 Å². The van der Waals surface area contributed by atoms with Crippen LogP contribution in [0.15, 0.2) is 0 Å². The van der Waals surface area contributed by atoms with Crippen LogP contribution in [0.25, 0.3) is 0 Å². The Morgan fingerprint density at radius 3 is 1.17 bits per heavy atom. The molecule has 1 heteroatoms. The summed E-state index contributed by atoms with van der Waals surface area (Å²) < 4.78 is 1.25. The van der Waals surface area contributed by atoms with Crippen molar-refractivity contribution in [1.29, 1.82) is 0 Å². The molecule has 0 aromatic rings. The summed E-state index contributed by atoms with van der Waals surface area (Å²) in [6.45, 7) is 8.39. The molecule has 0 aromatic heterocycles. The molecule has 0 fully saturated rings. The van der Waals surface area contributed by atoms with Gasteiger partial charge in [-0.1, -0.05) is 124 Å². The average Bonchev–Trinajstić information content (AvgIpc) is 2.70. The first-order chi connectivity index (χ1) is 14.1. The number of unbranched alkanes of at least 4 members (excludes halogenated alkanes) is 17. The highest BCUT2D eigenvalue weighted by Gasteiger charge is 2.25. The normalized spacial score (nSPS) is 13.1. The van der Waals surface area contributed by atoms with E-state index in [0.29, 0.717) is 0 Å². The first kappa shape index (κ1) is 29.0. The van der Waals surface area contributed by atoms with E-state index in [1.54, 1.807) is 0 Å². The minimum absolute atomic E-state index is 0.873. The summed E-state index contributed by atoms with van der Waals surface area (Å²) in [5.74, 6) is 0. The second-order valence-corrected chi connectivity index (χ2v) is 10.4. The van der Waals surface area contributed by atoms with Gasteiger partial charge in [0.25, 0.3) is 0 Å². The van der Waals surface area contributed by atoms with E-state index in [1.165, 1.54) is 146 Å². The molecule has 0 saturated heterocycles. The van der Waals surface area contributed by atoms with Gasteiger partial charge >= 0.3 is 0 Å². The van der Waals surface area contributed by atoms with Crippen LogP contribution in [-0.4, -0.2) is 31.2 Å². The van der Waals surface area contributed by atoms with Crippen molar-refractivity contribution in [2.24, 2.45) is 0 Å². The van der Waals surface area contributed by atoms with Crippen LogP contribution in [-0.2, 0) is 0 Å². The molecule has 1 nitrogen and oxygen atoms in total. The Morgan fingerprint density at radius 2 is 0.793 bits per heavy atom. The lowest BCUT2D eigenvalue weighted by Crippen LogP contribution is -2.49. The average molecular weight is 411 g/mol. The number of hydrogen-bond donors (Lipinski definition) is 0. The molecule has 1 atom stereocenters. The molecule has 29 heavy (non-hydrogen) atoms. The molecule has 0 radical (unpaired) electrons. The first-order valence-electron chi connectivity index (χ1n) is 13.9. The predicted molar refractivity (Wildman–Crippen MR) is 135 cm³/mol. The van der Waals surface area contributed by atoms with E-state index in [9.17, 15) is 0 Å². The summed E-state index contributed by atoms with van der Waals surface area (Å²) in [4.78, 5) is 0. The molecule has 0 aliphatic heterocycles. The lowest BCUT2D eigenvalue weighted by molar-refractivity contribution is -0.915. The van der Waals surface area contributed by atoms with Gasteiger partial charge in [0.15, 0.2) is 0 Å². The Labute approximate surface area is 187 Å². The maximum absolute atomic E-state index is 2.48. The first-order valence-corrected chi connectivity index (χ1v) is 13.9. The summed E-state index contributed by atoms with van der Waals surface area (Å²) in [5, 5.41) is 0. The highest BCUT2D eigenvalue weighted by atomic mass is 15.3. The Balaban J connectivity index is 3.43. The zero-order valence-corrected chi connectivity index (χ0v) is 21.6. The smallest absolute Gasteiger partial charge is 0.0883 e. The highest BCUT2D eigenvalue weighted by molar-refractivity contribution is 4.58. The lowest BCUT2D eigenvalue weighted by Gasteiger charge is -2.38. The van der Waals surface area contributed by atoms with Gasteiger partial charge in [-0.2, -0.15) is 0 Å². The van der Waals surface area contributed by atoms with Crippen molar-refractivity contribution in [3.63, 3.8) is 0 Å². The zero-order chi connectivity index (χ0) is 21.6. The van der Waals surface area contributed by atoms with Gasteiger partial charge in [0.1, 0.15) is 0 Å². The van der Waals surface area contributed by atoms with E-state index < -0.39 is 0 Å². The topological polar surface area (TPSA) is 0 Å². The van der Waals surface area contributed by atoms with Gasteiger partial charge in [-0.05, 0) is 32.1 Å². The third-order valence-electron chi connectivity index (χ3n) is 7.19. The minimum Gasteiger partial charge on any atom is -0.326 e. The van der Waals surface area contributed by atoms with E-state index in [2.05, 4.69) is 34.9 Å². The SMILES string of the molecule is CCCCCCCCCCCCCCCCCC[N+](C)(C)C(CC)CCCCC. The minimum atomic E-state index is 0.873. The molecule has 0 rings (SSSR count). The number of quaternary nitrogens is 1. The number of nitrogens with zero attached hydrogens (tertiary/aromatic N) is 1. The summed E-state index contributed by atoms with van der Waals surface area (Å²) in [6.07, 6.45) is 30.4. The third kappa shape index (κ3) is 18.4. The Morgan fingerprint density at radius 1 is 0.448 bits per heavy atom. The van der Waals surface area contributed by atoms with Crippen LogP contribution in [0.4, 0.5) is 0 Å². The van der Waals surface area contributed by atoms with Crippen LogP contribution >= 0.6 is 0 Å². The largest absolute Gasteiger partial charge is 0.326 e. The highest BCUT2D eigenvalue weighted by Crippen LogP contribution is 2.20. The molecule has 0 aliphatic rings. The standard InChI is InChI=1S/C28H60N/c1-6-9-11-12-13-14-15-16-17-18-19-20-21-22-23-25-27-29(4,5)28(8-3)26-24-10-7-2/h28H,6-27H2,1-5H3/q+1. The molecule has 0 heterocycles. The van der Waals surface area contributed by atoms with Gasteiger partial charge in [-0.25, -0.2) is 0 Å². The monoisotopic (exact) mass is 410 g/mol. The fourth-order valence-electron chi connectivity index (χ4n) is 4.93. The van der Waals surface area contributed by atoms with Crippen molar-refractivity contribution < 1.29 is 4.48 Å². The van der Waals surface area contributed by atoms with E-state index in [-0.39, 0.29) is 0 Å². The van der Waals surface area contributed by atoms with Gasteiger partial charge in [0, 0.05) is 0 Å². The van der Waals surface area contributed by atoms with Gasteiger partial charge in [-0.15, -0.1) is 0 Å².